The topological polar surface area (TPSA) is 66.4 Å². The van der Waals surface area contributed by atoms with Crippen LogP contribution in [0.1, 0.15) is 57.1 Å². The maximum absolute atomic E-state index is 11.8. The predicted molar refractivity (Wildman–Crippen MR) is 88.7 cm³/mol. The largest absolute Gasteiger partial charge is 0.480 e. The summed E-state index contributed by atoms with van der Waals surface area (Å²) in [5.41, 5.74) is 2.16. The Morgan fingerprint density at radius 2 is 1.86 bits per heavy atom. The number of rotatable bonds is 8. The van der Waals surface area contributed by atoms with Crippen molar-refractivity contribution in [2.45, 2.75) is 52.0 Å². The van der Waals surface area contributed by atoms with Gasteiger partial charge in [-0.3, -0.25) is 4.79 Å². The number of carboxylic acids is 1. The summed E-state index contributed by atoms with van der Waals surface area (Å²) in [6.07, 6.45) is 5.20. The summed E-state index contributed by atoms with van der Waals surface area (Å²) in [7, 11) is 0. The van der Waals surface area contributed by atoms with Crippen molar-refractivity contribution in [3.8, 4) is 0 Å². The molecule has 0 saturated carbocycles. The lowest BCUT2D eigenvalue weighted by atomic mass is 10.0. The number of carboxylic acid groups (broad SMARTS) is 1. The molecule has 0 bridgehead atoms. The molecule has 0 fully saturated rings. The van der Waals surface area contributed by atoms with Gasteiger partial charge >= 0.3 is 5.97 Å². The van der Waals surface area contributed by atoms with E-state index < -0.39 is 12.0 Å². The Bertz CT molecular complexity index is 518. The van der Waals surface area contributed by atoms with Gasteiger partial charge in [0, 0.05) is 6.08 Å². The maximum Gasteiger partial charge on any atom is 0.326 e. The van der Waals surface area contributed by atoms with Crippen molar-refractivity contribution in [2.24, 2.45) is 0 Å². The van der Waals surface area contributed by atoms with Crippen molar-refractivity contribution in [1.29, 1.82) is 0 Å². The third-order valence-electron chi connectivity index (χ3n) is 3.49. The molecule has 1 rings (SSSR count). The highest BCUT2D eigenvalue weighted by Crippen LogP contribution is 2.15. The fraction of sp³-hybridized carbons (Fsp3) is 0.444. The van der Waals surface area contributed by atoms with Crippen molar-refractivity contribution in [1.82, 2.24) is 5.32 Å². The molecular weight excluding hydrogens is 278 g/mol. The zero-order chi connectivity index (χ0) is 16.5. The molecule has 1 aromatic carbocycles. The van der Waals surface area contributed by atoms with Crippen LogP contribution in [0, 0.1) is 0 Å². The molecule has 4 nitrogen and oxygen atoms in total. The number of benzene rings is 1. The molecule has 0 spiro atoms. The number of unbranched alkanes of at least 4 members (excludes halogenated alkanes) is 1. The van der Waals surface area contributed by atoms with Gasteiger partial charge in [-0.05, 0) is 29.5 Å². The highest BCUT2D eigenvalue weighted by Gasteiger charge is 2.17. The summed E-state index contributed by atoms with van der Waals surface area (Å²) < 4.78 is 0. The minimum Gasteiger partial charge on any atom is -0.480 e. The minimum atomic E-state index is -0.989. The fourth-order valence-electron chi connectivity index (χ4n) is 2.05. The molecule has 1 atom stereocenters. The molecule has 0 saturated heterocycles. The molecule has 0 heterocycles. The first-order chi connectivity index (χ1) is 10.4. The van der Waals surface area contributed by atoms with Gasteiger partial charge in [-0.15, -0.1) is 0 Å². The van der Waals surface area contributed by atoms with E-state index in [1.807, 2.05) is 31.2 Å². The number of carbonyl (C=O) groups is 2. The van der Waals surface area contributed by atoms with Gasteiger partial charge in [0.05, 0.1) is 0 Å². The van der Waals surface area contributed by atoms with Crippen LogP contribution >= 0.6 is 0 Å². The molecule has 0 aliphatic rings. The van der Waals surface area contributed by atoms with E-state index in [-0.39, 0.29) is 5.91 Å². The quantitative estimate of drug-likeness (QED) is 0.721. The van der Waals surface area contributed by atoms with Crippen molar-refractivity contribution in [3.63, 3.8) is 0 Å². The molecule has 2 N–H and O–H groups in total. The van der Waals surface area contributed by atoms with Crippen molar-refractivity contribution < 1.29 is 14.7 Å². The van der Waals surface area contributed by atoms with Crippen LogP contribution in [0.2, 0.25) is 0 Å². The van der Waals surface area contributed by atoms with E-state index in [0.717, 1.165) is 18.4 Å². The summed E-state index contributed by atoms with van der Waals surface area (Å²) in [4.78, 5) is 22.9. The highest BCUT2D eigenvalue weighted by atomic mass is 16.4. The lowest BCUT2D eigenvalue weighted by Crippen LogP contribution is -2.39. The summed E-state index contributed by atoms with van der Waals surface area (Å²) in [5.74, 6) is -0.899. The molecule has 4 heteroatoms. The minimum absolute atomic E-state index is 0.378. The van der Waals surface area contributed by atoms with Crippen LogP contribution in [0.4, 0.5) is 0 Å². The molecule has 1 unspecified atom stereocenters. The number of carbonyl (C=O) groups excluding carboxylic acids is 1. The summed E-state index contributed by atoms with van der Waals surface area (Å²) in [5, 5.41) is 11.6. The van der Waals surface area contributed by atoms with Crippen LogP contribution < -0.4 is 5.32 Å². The second-order valence-electron chi connectivity index (χ2n) is 5.70. The SMILES string of the molecule is CCCCC(NC(=O)/C=C/c1ccc(C(C)C)cc1)C(=O)O. The molecular formula is C18H25NO3. The zero-order valence-corrected chi connectivity index (χ0v) is 13.5. The van der Waals surface area contributed by atoms with Crippen molar-refractivity contribution >= 4 is 18.0 Å². The average Bonchev–Trinajstić information content (AvgIpc) is 2.49. The summed E-state index contributed by atoms with van der Waals surface area (Å²) in [6, 6.07) is 7.14. The predicted octanol–water partition coefficient (Wildman–Crippen LogP) is 3.58. The Labute approximate surface area is 132 Å². The molecule has 0 aromatic heterocycles. The standard InChI is InChI=1S/C18H25NO3/c1-4-5-6-16(18(21)22)19-17(20)12-9-14-7-10-15(11-8-14)13(2)3/h7-13,16H,4-6H2,1-3H3,(H,19,20)(H,21,22)/b12-9+. The number of hydrogen-bond donors (Lipinski definition) is 2. The van der Waals surface area contributed by atoms with Gasteiger partial charge in [0.1, 0.15) is 6.04 Å². The highest BCUT2D eigenvalue weighted by molar-refractivity contribution is 5.94. The van der Waals surface area contributed by atoms with Gasteiger partial charge < -0.3 is 10.4 Å². The van der Waals surface area contributed by atoms with E-state index in [2.05, 4.69) is 19.2 Å². The summed E-state index contributed by atoms with van der Waals surface area (Å²) in [6.45, 7) is 6.24. The molecule has 22 heavy (non-hydrogen) atoms. The molecule has 120 valence electrons. The number of aliphatic carboxylic acids is 1. The van der Waals surface area contributed by atoms with Crippen LogP contribution in [0.25, 0.3) is 6.08 Å². The van der Waals surface area contributed by atoms with Gasteiger partial charge in [-0.25, -0.2) is 4.79 Å². The molecule has 1 aromatic rings. The number of hydrogen-bond acceptors (Lipinski definition) is 2. The third-order valence-corrected chi connectivity index (χ3v) is 3.49. The maximum atomic E-state index is 11.8. The van der Waals surface area contributed by atoms with Crippen molar-refractivity contribution in [2.75, 3.05) is 0 Å². The molecule has 1 amide bonds. The third kappa shape index (κ3) is 6.12. The normalized spacial score (nSPS) is 12.5. The molecule has 0 radical (unpaired) electrons. The van der Waals surface area contributed by atoms with Gasteiger partial charge in [-0.2, -0.15) is 0 Å². The van der Waals surface area contributed by atoms with Gasteiger partial charge in [-0.1, -0.05) is 57.9 Å². The van der Waals surface area contributed by atoms with Crippen molar-refractivity contribution in [3.05, 3.63) is 41.5 Å². The van der Waals surface area contributed by atoms with Crippen LogP contribution in [0.3, 0.4) is 0 Å². The Morgan fingerprint density at radius 1 is 1.23 bits per heavy atom. The monoisotopic (exact) mass is 303 g/mol. The number of nitrogens with one attached hydrogen (secondary N) is 1. The lowest BCUT2D eigenvalue weighted by molar-refractivity contribution is -0.141. The first-order valence-corrected chi connectivity index (χ1v) is 7.75. The van der Waals surface area contributed by atoms with Crippen LogP contribution in [-0.4, -0.2) is 23.0 Å². The lowest BCUT2D eigenvalue weighted by Gasteiger charge is -2.12. The second kappa shape index (κ2) is 9.03. The van der Waals surface area contributed by atoms with Gasteiger partial charge in [0.25, 0.3) is 0 Å². The van der Waals surface area contributed by atoms with E-state index in [1.54, 1.807) is 6.08 Å². The number of amides is 1. The van der Waals surface area contributed by atoms with Crippen LogP contribution in [0.15, 0.2) is 30.3 Å². The summed E-state index contributed by atoms with van der Waals surface area (Å²) >= 11 is 0. The second-order valence-corrected chi connectivity index (χ2v) is 5.70. The molecule has 0 aliphatic heterocycles. The first-order valence-electron chi connectivity index (χ1n) is 7.75. The Hall–Kier alpha value is -2.10. The zero-order valence-electron chi connectivity index (χ0n) is 13.5. The molecule has 0 aliphatic carbocycles. The van der Waals surface area contributed by atoms with E-state index in [0.29, 0.717) is 12.3 Å². The van der Waals surface area contributed by atoms with E-state index in [1.165, 1.54) is 11.6 Å². The smallest absolute Gasteiger partial charge is 0.326 e. The Morgan fingerprint density at radius 3 is 2.36 bits per heavy atom. The Kier molecular flexibility index (Phi) is 7.37. The van der Waals surface area contributed by atoms with E-state index in [4.69, 9.17) is 5.11 Å². The van der Waals surface area contributed by atoms with E-state index >= 15 is 0 Å². The average molecular weight is 303 g/mol. The van der Waals surface area contributed by atoms with Gasteiger partial charge in [0.15, 0.2) is 0 Å². The fourth-order valence-corrected chi connectivity index (χ4v) is 2.05. The Balaban J connectivity index is 2.60. The van der Waals surface area contributed by atoms with Crippen LogP contribution in [0.5, 0.6) is 0 Å². The first kappa shape index (κ1) is 18.0. The van der Waals surface area contributed by atoms with Gasteiger partial charge in [0.2, 0.25) is 5.91 Å². The van der Waals surface area contributed by atoms with E-state index in [9.17, 15) is 9.59 Å². The van der Waals surface area contributed by atoms with Crippen LogP contribution in [-0.2, 0) is 9.59 Å².